The molecule has 0 amide bonds. The number of unbranched alkanes of at least 4 members (excludes halogenated alkanes) is 1. The van der Waals surface area contributed by atoms with Crippen LogP contribution in [0.2, 0.25) is 5.02 Å². The molecule has 3 nitrogen and oxygen atoms in total. The van der Waals surface area contributed by atoms with Crippen LogP contribution in [-0.4, -0.2) is 38.2 Å². The van der Waals surface area contributed by atoms with Crippen LogP contribution in [0.1, 0.15) is 37.8 Å². The number of hydrogen-bond donors (Lipinski definition) is 1. The summed E-state index contributed by atoms with van der Waals surface area (Å²) < 4.78 is 5.55. The average molecular weight is 370 g/mol. The molecule has 0 radical (unpaired) electrons. The molecule has 0 aromatic heterocycles. The van der Waals surface area contributed by atoms with Gasteiger partial charge in [-0.05, 0) is 24.6 Å². The molecule has 1 aliphatic rings. The van der Waals surface area contributed by atoms with Crippen LogP contribution in [-0.2, 0) is 0 Å². The van der Waals surface area contributed by atoms with Crippen molar-refractivity contribution >= 4 is 36.4 Å². The lowest BCUT2D eigenvalue weighted by atomic mass is 9.97. The topological polar surface area (TPSA) is 24.5 Å². The first-order valence-corrected chi connectivity index (χ1v) is 7.92. The van der Waals surface area contributed by atoms with Crippen LogP contribution in [0.5, 0.6) is 5.75 Å². The number of ether oxygens (including phenoxy) is 1. The van der Waals surface area contributed by atoms with Crippen molar-refractivity contribution in [2.45, 2.75) is 32.2 Å². The molecule has 2 rings (SSSR count). The van der Waals surface area contributed by atoms with Crippen LogP contribution in [0, 0.1) is 0 Å². The predicted molar refractivity (Wildman–Crippen MR) is 99.2 cm³/mol. The van der Waals surface area contributed by atoms with Crippen molar-refractivity contribution < 1.29 is 4.74 Å². The molecule has 1 N–H and O–H groups in total. The molecule has 1 atom stereocenters. The maximum atomic E-state index is 6.20. The second-order valence-electron chi connectivity index (χ2n) is 5.33. The third kappa shape index (κ3) is 5.78. The van der Waals surface area contributed by atoms with E-state index in [2.05, 4.69) is 23.2 Å². The molecule has 0 aliphatic carbocycles. The first-order chi connectivity index (χ1) is 9.76. The summed E-state index contributed by atoms with van der Waals surface area (Å²) in [6.07, 6.45) is 3.60. The summed E-state index contributed by atoms with van der Waals surface area (Å²) in [6, 6.07) is 6.37. The minimum absolute atomic E-state index is 0. The van der Waals surface area contributed by atoms with E-state index in [9.17, 15) is 0 Å². The van der Waals surface area contributed by atoms with Gasteiger partial charge in [-0.25, -0.2) is 0 Å². The first kappa shape index (κ1) is 21.8. The van der Waals surface area contributed by atoms with Crippen molar-refractivity contribution in [3.8, 4) is 5.75 Å². The van der Waals surface area contributed by atoms with Gasteiger partial charge in [-0.15, -0.1) is 24.8 Å². The zero-order chi connectivity index (χ0) is 14.4. The van der Waals surface area contributed by atoms with Crippen LogP contribution in [0.25, 0.3) is 0 Å². The first-order valence-electron chi connectivity index (χ1n) is 7.54. The van der Waals surface area contributed by atoms with Gasteiger partial charge in [0.1, 0.15) is 5.75 Å². The van der Waals surface area contributed by atoms with E-state index in [0.717, 1.165) is 43.4 Å². The lowest BCUT2D eigenvalue weighted by molar-refractivity contribution is 0.160. The summed E-state index contributed by atoms with van der Waals surface area (Å²) in [7, 11) is 1.74. The Kier molecular flexibility index (Phi) is 11.3. The van der Waals surface area contributed by atoms with E-state index in [-0.39, 0.29) is 24.8 Å². The number of methoxy groups -OCH3 is 1. The van der Waals surface area contributed by atoms with Crippen LogP contribution in [0.3, 0.4) is 0 Å². The summed E-state index contributed by atoms with van der Waals surface area (Å²) in [6.45, 7) is 6.54. The quantitative estimate of drug-likeness (QED) is 0.807. The van der Waals surface area contributed by atoms with E-state index in [1.165, 1.54) is 18.4 Å². The number of nitrogens with one attached hydrogen (secondary N) is 1. The molecule has 1 fully saturated rings. The van der Waals surface area contributed by atoms with Gasteiger partial charge in [0.05, 0.1) is 7.11 Å². The number of hydrogen-bond acceptors (Lipinski definition) is 3. The van der Waals surface area contributed by atoms with Crippen molar-refractivity contribution in [2.75, 3.05) is 33.3 Å². The average Bonchev–Trinajstić information content (AvgIpc) is 2.49. The summed E-state index contributed by atoms with van der Waals surface area (Å²) >= 11 is 6.20. The highest BCUT2D eigenvalue weighted by Gasteiger charge is 2.24. The normalized spacial score (nSPS) is 16.3. The third-order valence-electron chi connectivity index (χ3n) is 3.97. The minimum Gasteiger partial charge on any atom is -0.496 e. The maximum Gasteiger partial charge on any atom is 0.123 e. The minimum atomic E-state index is 0. The molecule has 1 aliphatic heterocycles. The zero-order valence-electron chi connectivity index (χ0n) is 13.3. The van der Waals surface area contributed by atoms with E-state index in [1.54, 1.807) is 7.11 Å². The van der Waals surface area contributed by atoms with Crippen molar-refractivity contribution in [1.82, 2.24) is 10.2 Å². The lowest BCUT2D eigenvalue weighted by Gasteiger charge is -2.36. The highest BCUT2D eigenvalue weighted by molar-refractivity contribution is 6.30. The largest absolute Gasteiger partial charge is 0.496 e. The number of benzene rings is 1. The third-order valence-corrected chi connectivity index (χ3v) is 4.21. The Balaban J connectivity index is 0.00000220. The van der Waals surface area contributed by atoms with Gasteiger partial charge in [-0.3, -0.25) is 4.90 Å². The Labute approximate surface area is 151 Å². The van der Waals surface area contributed by atoms with E-state index in [0.29, 0.717) is 6.04 Å². The van der Waals surface area contributed by atoms with Gasteiger partial charge in [0.25, 0.3) is 0 Å². The molecule has 1 aromatic rings. The molecule has 0 spiro atoms. The standard InChI is InChI=1S/C16H25ClN2O.2ClH/c1-3-4-5-15(19-10-8-18-9-11-19)14-12-13(17)6-7-16(14)20-2;;/h6-7,12,15,18H,3-5,8-11H2,1-2H3;2*1H/t15-;;/m1../s1. The predicted octanol–water partition coefficient (Wildman–Crippen LogP) is 4.33. The van der Waals surface area contributed by atoms with Crippen LogP contribution < -0.4 is 10.1 Å². The van der Waals surface area contributed by atoms with Gasteiger partial charge in [0.2, 0.25) is 0 Å². The lowest BCUT2D eigenvalue weighted by Crippen LogP contribution is -2.45. The molecule has 6 heteroatoms. The molecular formula is C16H27Cl3N2O. The highest BCUT2D eigenvalue weighted by atomic mass is 35.5. The summed E-state index contributed by atoms with van der Waals surface area (Å²) in [4.78, 5) is 2.56. The molecule has 22 heavy (non-hydrogen) atoms. The van der Waals surface area contributed by atoms with Gasteiger partial charge in [0.15, 0.2) is 0 Å². The van der Waals surface area contributed by atoms with Gasteiger partial charge >= 0.3 is 0 Å². The molecule has 0 bridgehead atoms. The smallest absolute Gasteiger partial charge is 0.123 e. The second kappa shape index (κ2) is 11.4. The van der Waals surface area contributed by atoms with E-state index in [1.807, 2.05) is 12.1 Å². The molecule has 0 unspecified atom stereocenters. The van der Waals surface area contributed by atoms with Crippen molar-refractivity contribution in [2.24, 2.45) is 0 Å². The summed E-state index contributed by atoms with van der Waals surface area (Å²) in [5.41, 5.74) is 1.23. The monoisotopic (exact) mass is 368 g/mol. The number of halogens is 3. The summed E-state index contributed by atoms with van der Waals surface area (Å²) in [5, 5.41) is 4.21. The Morgan fingerprint density at radius 3 is 2.55 bits per heavy atom. The Hall–Kier alpha value is -0.190. The Bertz CT molecular complexity index is 426. The van der Waals surface area contributed by atoms with Crippen LogP contribution in [0.4, 0.5) is 0 Å². The molecule has 1 saturated heterocycles. The molecular weight excluding hydrogens is 343 g/mol. The molecule has 1 heterocycles. The van der Waals surface area contributed by atoms with E-state index in [4.69, 9.17) is 16.3 Å². The van der Waals surface area contributed by atoms with Gasteiger partial charge in [-0.1, -0.05) is 31.4 Å². The number of piperazine rings is 1. The number of rotatable bonds is 6. The fraction of sp³-hybridized carbons (Fsp3) is 0.625. The number of nitrogens with zero attached hydrogens (tertiary/aromatic N) is 1. The van der Waals surface area contributed by atoms with Crippen LogP contribution in [0.15, 0.2) is 18.2 Å². The highest BCUT2D eigenvalue weighted by Crippen LogP contribution is 2.35. The second-order valence-corrected chi connectivity index (χ2v) is 5.77. The van der Waals surface area contributed by atoms with Crippen molar-refractivity contribution in [1.29, 1.82) is 0 Å². The fourth-order valence-electron chi connectivity index (χ4n) is 2.89. The van der Waals surface area contributed by atoms with E-state index >= 15 is 0 Å². The van der Waals surface area contributed by atoms with Gasteiger partial charge in [-0.2, -0.15) is 0 Å². The SMILES string of the molecule is CCCC[C@H](c1cc(Cl)ccc1OC)N1CCNCC1.Cl.Cl. The van der Waals surface area contributed by atoms with Crippen LogP contribution >= 0.6 is 36.4 Å². The van der Waals surface area contributed by atoms with Crippen molar-refractivity contribution in [3.05, 3.63) is 28.8 Å². The van der Waals surface area contributed by atoms with E-state index < -0.39 is 0 Å². The zero-order valence-corrected chi connectivity index (χ0v) is 15.7. The molecule has 128 valence electrons. The van der Waals surface area contributed by atoms with Gasteiger partial charge < -0.3 is 10.1 Å². The Morgan fingerprint density at radius 1 is 1.27 bits per heavy atom. The molecule has 0 saturated carbocycles. The fourth-order valence-corrected chi connectivity index (χ4v) is 3.07. The summed E-state index contributed by atoms with van der Waals surface area (Å²) in [5.74, 6) is 0.953. The molecule has 1 aromatic carbocycles. The van der Waals surface area contributed by atoms with Gasteiger partial charge in [0, 0.05) is 42.8 Å². The van der Waals surface area contributed by atoms with Crippen molar-refractivity contribution in [3.63, 3.8) is 0 Å². The Morgan fingerprint density at radius 2 is 1.95 bits per heavy atom. The maximum absolute atomic E-state index is 6.20.